The number of rotatable bonds is 3. The molecule has 0 aromatic heterocycles. The van der Waals surface area contributed by atoms with Crippen molar-refractivity contribution in [2.75, 3.05) is 0 Å². The number of carbonyl (C=O) groups excluding carboxylic acids is 1. The molecule has 0 heterocycles. The van der Waals surface area contributed by atoms with Crippen LogP contribution in [0.1, 0.15) is 18.4 Å². The Balaban J connectivity index is 1.85. The highest BCUT2D eigenvalue weighted by Gasteiger charge is 2.27. The smallest absolute Gasteiger partial charge is 0.243 e. The lowest BCUT2D eigenvalue weighted by atomic mass is 9.81. The fraction of sp³-hybridized carbons (Fsp3) is 0.231. The highest BCUT2D eigenvalue weighted by Crippen LogP contribution is 2.31. The Bertz CT molecular complexity index is 474. The van der Waals surface area contributed by atoms with E-state index in [1.54, 1.807) is 6.21 Å². The molecule has 0 saturated heterocycles. The van der Waals surface area contributed by atoms with Crippen LogP contribution in [0.4, 0.5) is 0 Å². The molecule has 1 aliphatic carbocycles. The van der Waals surface area contributed by atoms with E-state index in [9.17, 15) is 4.79 Å². The Morgan fingerprint density at radius 2 is 2.29 bits per heavy atom. The van der Waals surface area contributed by atoms with Gasteiger partial charge >= 0.3 is 0 Å². The lowest BCUT2D eigenvalue weighted by Gasteiger charge is -2.25. The first-order chi connectivity index (χ1) is 8.15. The zero-order chi connectivity index (χ0) is 12.3. The molecule has 1 saturated carbocycles. The Morgan fingerprint density at radius 1 is 1.53 bits per heavy atom. The molecule has 1 aromatic rings. The first-order valence-corrected chi connectivity index (χ1v) is 6.19. The molecule has 1 aromatic carbocycles. The van der Waals surface area contributed by atoms with Gasteiger partial charge in [-0.2, -0.15) is 5.10 Å². The number of nitrogens with one attached hydrogen (secondary N) is 1. The molecule has 0 radical (unpaired) electrons. The van der Waals surface area contributed by atoms with E-state index in [4.69, 9.17) is 0 Å². The molecule has 1 amide bonds. The molecule has 88 valence electrons. The summed E-state index contributed by atoms with van der Waals surface area (Å²) in [7, 11) is 0. The third-order valence-electron chi connectivity index (χ3n) is 2.68. The summed E-state index contributed by atoms with van der Waals surface area (Å²) < 4.78 is 0.989. The van der Waals surface area contributed by atoms with Gasteiger partial charge in [0, 0.05) is 10.4 Å². The molecule has 3 nitrogen and oxygen atoms in total. The quantitative estimate of drug-likeness (QED) is 0.519. The average molecular weight is 293 g/mol. The van der Waals surface area contributed by atoms with Crippen LogP contribution in [0.15, 0.2) is 46.0 Å². The fourth-order valence-corrected chi connectivity index (χ4v) is 2.09. The SMILES string of the molecule is C=C1CC(C(=O)NN=Cc2cccc(Br)c2)C1. The van der Waals surface area contributed by atoms with E-state index >= 15 is 0 Å². The maximum Gasteiger partial charge on any atom is 0.243 e. The number of halogens is 1. The van der Waals surface area contributed by atoms with Crippen molar-refractivity contribution < 1.29 is 4.79 Å². The number of carbonyl (C=O) groups is 1. The van der Waals surface area contributed by atoms with Gasteiger partial charge in [0.05, 0.1) is 6.21 Å². The van der Waals surface area contributed by atoms with Crippen LogP contribution in [0.2, 0.25) is 0 Å². The molecular weight excluding hydrogens is 280 g/mol. The number of allylic oxidation sites excluding steroid dienone is 1. The summed E-state index contributed by atoms with van der Waals surface area (Å²) in [4.78, 5) is 11.6. The van der Waals surface area contributed by atoms with Crippen molar-refractivity contribution in [2.24, 2.45) is 11.0 Å². The monoisotopic (exact) mass is 292 g/mol. The Hall–Kier alpha value is -1.42. The topological polar surface area (TPSA) is 41.5 Å². The van der Waals surface area contributed by atoms with Gasteiger partial charge in [0.25, 0.3) is 0 Å². The van der Waals surface area contributed by atoms with E-state index < -0.39 is 0 Å². The van der Waals surface area contributed by atoms with Crippen molar-refractivity contribution in [3.8, 4) is 0 Å². The van der Waals surface area contributed by atoms with E-state index in [0.717, 1.165) is 28.5 Å². The molecule has 17 heavy (non-hydrogen) atoms. The molecule has 0 atom stereocenters. The molecule has 1 fully saturated rings. The first kappa shape index (κ1) is 12.0. The second-order valence-corrected chi connectivity index (χ2v) is 5.06. The predicted octanol–water partition coefficient (Wildman–Crippen LogP) is 2.87. The van der Waals surface area contributed by atoms with Crippen molar-refractivity contribution in [3.05, 3.63) is 46.5 Å². The molecule has 1 aliphatic rings. The Labute approximate surface area is 109 Å². The fourth-order valence-electron chi connectivity index (χ4n) is 1.67. The van der Waals surface area contributed by atoms with Crippen LogP contribution in [-0.4, -0.2) is 12.1 Å². The van der Waals surface area contributed by atoms with Crippen LogP contribution < -0.4 is 5.43 Å². The minimum Gasteiger partial charge on any atom is -0.273 e. The predicted molar refractivity (Wildman–Crippen MR) is 71.7 cm³/mol. The van der Waals surface area contributed by atoms with Crippen molar-refractivity contribution in [2.45, 2.75) is 12.8 Å². The minimum absolute atomic E-state index is 0.0244. The van der Waals surface area contributed by atoms with Gasteiger partial charge in [-0.05, 0) is 30.5 Å². The van der Waals surface area contributed by atoms with Crippen molar-refractivity contribution in [1.29, 1.82) is 0 Å². The van der Waals surface area contributed by atoms with Gasteiger partial charge in [0.2, 0.25) is 5.91 Å². The van der Waals surface area contributed by atoms with Crippen LogP contribution in [0.5, 0.6) is 0 Å². The number of benzene rings is 1. The van der Waals surface area contributed by atoms with Gasteiger partial charge < -0.3 is 0 Å². The number of hydrazone groups is 1. The molecular formula is C13H13BrN2O. The Kier molecular flexibility index (Phi) is 3.74. The number of nitrogens with zero attached hydrogens (tertiary/aromatic N) is 1. The summed E-state index contributed by atoms with van der Waals surface area (Å²) in [5.41, 5.74) is 4.63. The molecule has 0 unspecified atom stereocenters. The molecule has 4 heteroatoms. The summed E-state index contributed by atoms with van der Waals surface area (Å²) in [5.74, 6) is 0.0332. The number of amides is 1. The zero-order valence-corrected chi connectivity index (χ0v) is 10.9. The third-order valence-corrected chi connectivity index (χ3v) is 3.17. The van der Waals surface area contributed by atoms with Crippen LogP contribution >= 0.6 is 15.9 Å². The first-order valence-electron chi connectivity index (χ1n) is 5.40. The molecule has 2 rings (SSSR count). The van der Waals surface area contributed by atoms with Crippen LogP contribution in [0.25, 0.3) is 0 Å². The number of hydrogen-bond donors (Lipinski definition) is 1. The molecule has 0 bridgehead atoms. The lowest BCUT2D eigenvalue weighted by Crippen LogP contribution is -2.32. The Morgan fingerprint density at radius 3 is 2.94 bits per heavy atom. The van der Waals surface area contributed by atoms with E-state index in [0.29, 0.717) is 0 Å². The van der Waals surface area contributed by atoms with Crippen LogP contribution in [0, 0.1) is 5.92 Å². The summed E-state index contributed by atoms with van der Waals surface area (Å²) >= 11 is 3.37. The average Bonchev–Trinajstić information content (AvgIpc) is 2.25. The second kappa shape index (κ2) is 5.27. The van der Waals surface area contributed by atoms with Gasteiger partial charge in [-0.1, -0.05) is 40.2 Å². The van der Waals surface area contributed by atoms with Gasteiger partial charge in [-0.3, -0.25) is 4.79 Å². The van der Waals surface area contributed by atoms with Gasteiger partial charge in [0.1, 0.15) is 0 Å². The second-order valence-electron chi connectivity index (χ2n) is 4.14. The molecule has 1 N–H and O–H groups in total. The van der Waals surface area contributed by atoms with Crippen molar-refractivity contribution in [1.82, 2.24) is 5.43 Å². The van der Waals surface area contributed by atoms with Crippen molar-refractivity contribution >= 4 is 28.1 Å². The van der Waals surface area contributed by atoms with Crippen LogP contribution in [-0.2, 0) is 4.79 Å². The summed E-state index contributed by atoms with van der Waals surface area (Å²) in [5, 5.41) is 3.94. The lowest BCUT2D eigenvalue weighted by molar-refractivity contribution is -0.126. The van der Waals surface area contributed by atoms with Crippen molar-refractivity contribution in [3.63, 3.8) is 0 Å². The van der Waals surface area contributed by atoms with E-state index in [2.05, 4.69) is 33.0 Å². The highest BCUT2D eigenvalue weighted by molar-refractivity contribution is 9.10. The maximum atomic E-state index is 11.6. The largest absolute Gasteiger partial charge is 0.273 e. The normalized spacial score (nSPS) is 15.9. The minimum atomic E-state index is -0.0244. The third kappa shape index (κ3) is 3.27. The number of hydrogen-bond acceptors (Lipinski definition) is 2. The van der Waals surface area contributed by atoms with E-state index in [1.165, 1.54) is 0 Å². The van der Waals surface area contributed by atoms with E-state index in [-0.39, 0.29) is 11.8 Å². The summed E-state index contributed by atoms with van der Waals surface area (Å²) in [6, 6.07) is 7.71. The van der Waals surface area contributed by atoms with Gasteiger partial charge in [-0.15, -0.1) is 0 Å². The standard InChI is InChI=1S/C13H13BrN2O/c1-9-5-11(6-9)13(17)16-15-8-10-3-2-4-12(14)7-10/h2-4,7-8,11H,1,5-6H2,(H,16,17). The van der Waals surface area contributed by atoms with E-state index in [1.807, 2.05) is 24.3 Å². The van der Waals surface area contributed by atoms with Crippen LogP contribution in [0.3, 0.4) is 0 Å². The summed E-state index contributed by atoms with van der Waals surface area (Å²) in [6.45, 7) is 3.81. The molecule has 0 spiro atoms. The highest BCUT2D eigenvalue weighted by atomic mass is 79.9. The maximum absolute atomic E-state index is 11.6. The molecule has 0 aliphatic heterocycles. The summed E-state index contributed by atoms with van der Waals surface area (Å²) in [6.07, 6.45) is 3.21. The zero-order valence-electron chi connectivity index (χ0n) is 9.32. The van der Waals surface area contributed by atoms with Gasteiger partial charge in [0.15, 0.2) is 0 Å². The van der Waals surface area contributed by atoms with Gasteiger partial charge in [-0.25, -0.2) is 5.43 Å².